The van der Waals surface area contributed by atoms with E-state index in [4.69, 9.17) is 4.74 Å². The van der Waals surface area contributed by atoms with E-state index in [9.17, 15) is 14.4 Å². The number of hydrogen-bond donors (Lipinski definition) is 2. The molecule has 0 unspecified atom stereocenters. The van der Waals surface area contributed by atoms with Crippen LogP contribution in [0, 0.1) is 0 Å². The normalized spacial score (nSPS) is 11.0. The Labute approximate surface area is 147 Å². The molecule has 0 fully saturated rings. The van der Waals surface area contributed by atoms with Gasteiger partial charge in [0.2, 0.25) is 5.91 Å². The Bertz CT molecular complexity index is 721. The molecule has 6 nitrogen and oxygen atoms in total. The predicted octanol–water partition coefficient (Wildman–Crippen LogP) is 1.76. The molecule has 2 amide bonds. The highest BCUT2D eigenvalue weighted by Crippen LogP contribution is 2.25. The summed E-state index contributed by atoms with van der Waals surface area (Å²) in [7, 11) is 1.47. The van der Waals surface area contributed by atoms with E-state index in [1.165, 1.54) is 29.7 Å². The van der Waals surface area contributed by atoms with Crippen LogP contribution in [0.4, 0.5) is 0 Å². The number of carbonyl (C=O) groups is 3. The Morgan fingerprint density at radius 1 is 1.12 bits per heavy atom. The number of carbonyl (C=O) groups excluding carboxylic acids is 3. The maximum absolute atomic E-state index is 12.3. The van der Waals surface area contributed by atoms with Crippen molar-refractivity contribution in [3.8, 4) is 0 Å². The van der Waals surface area contributed by atoms with Crippen LogP contribution in [0.1, 0.15) is 9.75 Å². The van der Waals surface area contributed by atoms with Crippen molar-refractivity contribution in [1.82, 2.24) is 10.6 Å². The second-order valence-electron chi connectivity index (χ2n) is 4.58. The molecule has 2 aromatic rings. The summed E-state index contributed by atoms with van der Waals surface area (Å²) in [5.74, 6) is -1.44. The summed E-state index contributed by atoms with van der Waals surface area (Å²) in [5, 5.41) is 8.52. The number of likely N-dealkylation sites (N-methyl/N-ethyl adjacent to an activating group) is 1. The van der Waals surface area contributed by atoms with Crippen molar-refractivity contribution in [2.45, 2.75) is 0 Å². The van der Waals surface area contributed by atoms with E-state index in [2.05, 4.69) is 10.6 Å². The molecule has 2 heterocycles. The lowest BCUT2D eigenvalue weighted by Gasteiger charge is -2.07. The van der Waals surface area contributed by atoms with Crippen LogP contribution in [0.2, 0.25) is 0 Å². The average molecular weight is 364 g/mol. The van der Waals surface area contributed by atoms with Crippen LogP contribution in [0.5, 0.6) is 0 Å². The molecule has 126 valence electrons. The second kappa shape index (κ2) is 8.99. The monoisotopic (exact) mass is 364 g/mol. The number of nitrogens with one attached hydrogen (secondary N) is 2. The number of amides is 2. The quantitative estimate of drug-likeness (QED) is 0.579. The van der Waals surface area contributed by atoms with Gasteiger partial charge in [0.15, 0.2) is 6.61 Å². The Hall–Kier alpha value is -2.45. The van der Waals surface area contributed by atoms with E-state index in [1.54, 1.807) is 6.08 Å². The lowest BCUT2D eigenvalue weighted by atomic mass is 10.2. The highest BCUT2D eigenvalue weighted by Gasteiger charge is 2.17. The highest BCUT2D eigenvalue weighted by atomic mass is 32.1. The molecule has 0 saturated carbocycles. The molecule has 0 aliphatic carbocycles. The van der Waals surface area contributed by atoms with Crippen LogP contribution >= 0.6 is 22.7 Å². The third kappa shape index (κ3) is 5.32. The van der Waals surface area contributed by atoms with Gasteiger partial charge in [-0.05, 0) is 29.0 Å². The van der Waals surface area contributed by atoms with Crippen LogP contribution < -0.4 is 10.6 Å². The van der Waals surface area contributed by atoms with Crippen LogP contribution in [0.15, 0.2) is 35.0 Å². The lowest BCUT2D eigenvalue weighted by Crippen LogP contribution is -2.37. The van der Waals surface area contributed by atoms with Crippen molar-refractivity contribution in [3.05, 3.63) is 44.8 Å². The molecule has 0 radical (unpaired) electrons. The average Bonchev–Trinajstić information content (AvgIpc) is 3.28. The fourth-order valence-corrected chi connectivity index (χ4v) is 3.09. The van der Waals surface area contributed by atoms with E-state index in [1.807, 2.05) is 35.0 Å². The number of ether oxygens (including phenoxy) is 1. The molecule has 0 aliphatic heterocycles. The smallest absolute Gasteiger partial charge is 0.340 e. The molecule has 0 aliphatic rings. The molecule has 2 aromatic heterocycles. The largest absolute Gasteiger partial charge is 0.452 e. The zero-order valence-electron chi connectivity index (χ0n) is 12.9. The van der Waals surface area contributed by atoms with Gasteiger partial charge in [-0.25, -0.2) is 4.79 Å². The Morgan fingerprint density at radius 2 is 1.88 bits per heavy atom. The van der Waals surface area contributed by atoms with Crippen molar-refractivity contribution in [2.24, 2.45) is 0 Å². The molecule has 0 saturated heterocycles. The van der Waals surface area contributed by atoms with Crippen molar-refractivity contribution in [3.63, 3.8) is 0 Å². The molecule has 0 atom stereocenters. The number of rotatable bonds is 7. The Balaban J connectivity index is 1.99. The minimum absolute atomic E-state index is 0.157. The summed E-state index contributed by atoms with van der Waals surface area (Å²) in [6.45, 7) is -0.599. The zero-order valence-corrected chi connectivity index (χ0v) is 14.5. The topological polar surface area (TPSA) is 84.5 Å². The molecule has 8 heteroatoms. The summed E-state index contributed by atoms with van der Waals surface area (Å²) >= 11 is 2.92. The van der Waals surface area contributed by atoms with Gasteiger partial charge >= 0.3 is 5.97 Å². The van der Waals surface area contributed by atoms with E-state index >= 15 is 0 Å². The Morgan fingerprint density at radius 3 is 2.50 bits per heavy atom. The van der Waals surface area contributed by atoms with Crippen molar-refractivity contribution in [2.75, 3.05) is 20.2 Å². The first-order valence-electron chi connectivity index (χ1n) is 7.03. The van der Waals surface area contributed by atoms with E-state index in [-0.39, 0.29) is 12.5 Å². The standard InChI is InChI=1S/C16H16N2O4S2/c1-17-14(19)9-18-15(20)10-22-16(21)12(13-5-3-7-24-13)8-11-4-2-6-23-11/h2-8H,9-10H2,1H3,(H,17,19)(H,18,20)/b12-8+. The summed E-state index contributed by atoms with van der Waals surface area (Å²) in [6, 6.07) is 7.43. The Kier molecular flexibility index (Phi) is 6.71. The van der Waals surface area contributed by atoms with Gasteiger partial charge in [-0.3, -0.25) is 9.59 Å². The molecule has 2 rings (SSSR count). The predicted molar refractivity (Wildman–Crippen MR) is 94.5 cm³/mol. The van der Waals surface area contributed by atoms with Gasteiger partial charge in [-0.15, -0.1) is 22.7 Å². The summed E-state index contributed by atoms with van der Waals surface area (Å²) in [6.07, 6.45) is 1.74. The minimum Gasteiger partial charge on any atom is -0.452 e. The van der Waals surface area contributed by atoms with Crippen LogP contribution in [0.3, 0.4) is 0 Å². The molecule has 2 N–H and O–H groups in total. The highest BCUT2D eigenvalue weighted by molar-refractivity contribution is 7.12. The first-order chi connectivity index (χ1) is 11.6. The lowest BCUT2D eigenvalue weighted by molar-refractivity contribution is -0.143. The van der Waals surface area contributed by atoms with Crippen molar-refractivity contribution < 1.29 is 19.1 Å². The van der Waals surface area contributed by atoms with Gasteiger partial charge in [0.25, 0.3) is 5.91 Å². The minimum atomic E-state index is -0.582. The molecule has 24 heavy (non-hydrogen) atoms. The summed E-state index contributed by atoms with van der Waals surface area (Å²) < 4.78 is 5.06. The zero-order chi connectivity index (χ0) is 17.4. The maximum Gasteiger partial charge on any atom is 0.340 e. The first-order valence-corrected chi connectivity index (χ1v) is 8.79. The van der Waals surface area contributed by atoms with Gasteiger partial charge < -0.3 is 15.4 Å². The molecular weight excluding hydrogens is 348 g/mol. The third-order valence-corrected chi connectivity index (χ3v) is 4.62. The van der Waals surface area contributed by atoms with Gasteiger partial charge in [0, 0.05) is 16.8 Å². The summed E-state index contributed by atoms with van der Waals surface area (Å²) in [5.41, 5.74) is 0.395. The van der Waals surface area contributed by atoms with Crippen LogP contribution in [-0.4, -0.2) is 38.0 Å². The van der Waals surface area contributed by atoms with E-state index in [0.717, 1.165) is 9.75 Å². The van der Waals surface area contributed by atoms with Crippen LogP contribution in [0.25, 0.3) is 11.6 Å². The molecule has 0 spiro atoms. The number of hydrogen-bond acceptors (Lipinski definition) is 6. The van der Waals surface area contributed by atoms with Gasteiger partial charge in [0.05, 0.1) is 12.1 Å². The van der Waals surface area contributed by atoms with E-state index in [0.29, 0.717) is 5.57 Å². The van der Waals surface area contributed by atoms with Crippen molar-refractivity contribution >= 4 is 52.1 Å². The molecule has 0 aromatic carbocycles. The van der Waals surface area contributed by atoms with Gasteiger partial charge in [0.1, 0.15) is 0 Å². The fourth-order valence-electron chi connectivity index (χ4n) is 1.71. The van der Waals surface area contributed by atoms with Gasteiger partial charge in [-0.2, -0.15) is 0 Å². The SMILES string of the molecule is CNC(=O)CNC(=O)COC(=O)/C(=C/c1cccs1)c1cccs1. The second-order valence-corrected chi connectivity index (χ2v) is 6.50. The first kappa shape index (κ1) is 17.9. The third-order valence-electron chi connectivity index (χ3n) is 2.90. The maximum atomic E-state index is 12.3. The number of esters is 1. The molecular formula is C16H16N2O4S2. The molecule has 0 bridgehead atoms. The summed E-state index contributed by atoms with van der Waals surface area (Å²) in [4.78, 5) is 36.7. The van der Waals surface area contributed by atoms with E-state index < -0.39 is 18.5 Å². The van der Waals surface area contributed by atoms with Crippen molar-refractivity contribution in [1.29, 1.82) is 0 Å². The fraction of sp³-hybridized carbons (Fsp3) is 0.188. The number of thiophene rings is 2. The van der Waals surface area contributed by atoms with Gasteiger partial charge in [-0.1, -0.05) is 12.1 Å². The van der Waals surface area contributed by atoms with Crippen LogP contribution in [-0.2, 0) is 19.1 Å².